The van der Waals surface area contributed by atoms with Crippen LogP contribution in [0.25, 0.3) is 0 Å². The molecule has 0 saturated carbocycles. The van der Waals surface area contributed by atoms with Gasteiger partial charge in [0.1, 0.15) is 6.61 Å². The van der Waals surface area contributed by atoms with Crippen LogP contribution in [0.2, 0.25) is 0 Å². The zero-order valence-corrected chi connectivity index (χ0v) is 11.1. The van der Waals surface area contributed by atoms with E-state index in [2.05, 4.69) is 22.5 Å². The smallest absolute Gasteiger partial charge is 0.407 e. The lowest BCUT2D eigenvalue weighted by Crippen LogP contribution is -2.41. The van der Waals surface area contributed by atoms with Crippen LogP contribution < -0.4 is 16.0 Å². The van der Waals surface area contributed by atoms with Crippen LogP contribution in [0.5, 0.6) is 0 Å². The van der Waals surface area contributed by atoms with Crippen LogP contribution in [0, 0.1) is 0 Å². The minimum atomic E-state index is -0.439. The van der Waals surface area contributed by atoms with Crippen molar-refractivity contribution in [1.82, 2.24) is 16.0 Å². The Kier molecular flexibility index (Phi) is 9.67. The first kappa shape index (κ1) is 16.4. The molecule has 6 nitrogen and oxygen atoms in total. The monoisotopic (exact) mass is 257 g/mol. The number of nitrogens with one attached hydrogen (secondary N) is 3. The molecular weight excluding hydrogens is 234 g/mol. The van der Waals surface area contributed by atoms with Crippen LogP contribution in [0.4, 0.5) is 4.79 Å². The molecule has 1 unspecified atom stereocenters. The molecule has 1 atom stereocenters. The molecule has 6 heteroatoms. The number of unbranched alkanes of at least 4 members (excludes halogenated alkanes) is 1. The minimum Gasteiger partial charge on any atom is -0.445 e. The van der Waals surface area contributed by atoms with Crippen LogP contribution in [0.3, 0.4) is 0 Å². The normalized spacial score (nSPS) is 11.4. The number of hydrogen-bond acceptors (Lipinski definition) is 4. The van der Waals surface area contributed by atoms with E-state index in [9.17, 15) is 9.59 Å². The predicted octanol–water partition coefficient (Wildman–Crippen LogP) is 0.403. The van der Waals surface area contributed by atoms with Gasteiger partial charge in [-0.3, -0.25) is 4.79 Å². The maximum atomic E-state index is 11.4. The van der Waals surface area contributed by atoms with E-state index < -0.39 is 6.09 Å². The molecule has 0 fully saturated rings. The number of hydrogen-bond donors (Lipinski definition) is 3. The number of ether oxygens (including phenoxy) is 1. The van der Waals surface area contributed by atoms with Crippen LogP contribution >= 0.6 is 0 Å². The van der Waals surface area contributed by atoms with E-state index in [1.54, 1.807) is 14.1 Å². The molecule has 0 aromatic rings. The van der Waals surface area contributed by atoms with Gasteiger partial charge in [-0.2, -0.15) is 0 Å². The maximum absolute atomic E-state index is 11.4. The summed E-state index contributed by atoms with van der Waals surface area (Å²) >= 11 is 0. The average Bonchev–Trinajstić information content (AvgIpc) is 2.39. The van der Waals surface area contributed by atoms with Gasteiger partial charge in [-0.25, -0.2) is 4.79 Å². The lowest BCUT2D eigenvalue weighted by atomic mass is 10.1. The molecule has 0 heterocycles. The van der Waals surface area contributed by atoms with Gasteiger partial charge in [-0.05, 0) is 26.3 Å². The second-order valence-corrected chi connectivity index (χ2v) is 3.77. The predicted molar refractivity (Wildman–Crippen MR) is 70.3 cm³/mol. The first-order valence-corrected chi connectivity index (χ1v) is 6.06. The van der Waals surface area contributed by atoms with E-state index in [1.807, 2.05) is 0 Å². The second-order valence-electron chi connectivity index (χ2n) is 3.77. The molecule has 2 amide bonds. The molecule has 0 aliphatic heterocycles. The zero-order valence-electron chi connectivity index (χ0n) is 11.1. The highest BCUT2D eigenvalue weighted by Gasteiger charge is 2.13. The van der Waals surface area contributed by atoms with Crippen LogP contribution in [-0.2, 0) is 9.53 Å². The first-order valence-electron chi connectivity index (χ1n) is 6.06. The maximum Gasteiger partial charge on any atom is 0.407 e. The van der Waals surface area contributed by atoms with E-state index in [1.165, 1.54) is 6.08 Å². The molecule has 0 spiro atoms. The van der Waals surface area contributed by atoms with Gasteiger partial charge in [-0.15, -0.1) is 0 Å². The third kappa shape index (κ3) is 7.67. The van der Waals surface area contributed by atoms with Gasteiger partial charge in [0.25, 0.3) is 0 Å². The number of alkyl carbamates (subject to hydrolysis) is 1. The van der Waals surface area contributed by atoms with Gasteiger partial charge in [0.2, 0.25) is 5.91 Å². The van der Waals surface area contributed by atoms with Crippen molar-refractivity contribution in [3.63, 3.8) is 0 Å². The van der Waals surface area contributed by atoms with Crippen molar-refractivity contribution in [3.05, 3.63) is 12.7 Å². The van der Waals surface area contributed by atoms with Crippen molar-refractivity contribution in [1.29, 1.82) is 0 Å². The molecule has 0 bridgehead atoms. The molecule has 0 aromatic carbocycles. The van der Waals surface area contributed by atoms with Crippen molar-refractivity contribution in [3.8, 4) is 0 Å². The highest BCUT2D eigenvalue weighted by molar-refractivity contribution is 5.81. The molecule has 0 aliphatic rings. The molecule has 0 rings (SSSR count). The standard InChI is InChI=1S/C12H23N3O3/c1-4-9-18-12(17)15-8-6-5-7-10(13-2)11(16)14-3/h4,10,13H,1,5-9H2,2-3H3,(H,14,16)(H,15,17). The van der Waals surface area contributed by atoms with Crippen LogP contribution in [0.1, 0.15) is 19.3 Å². The summed E-state index contributed by atoms with van der Waals surface area (Å²) in [5.41, 5.74) is 0. The Hall–Kier alpha value is -1.56. The zero-order chi connectivity index (χ0) is 13.8. The summed E-state index contributed by atoms with van der Waals surface area (Å²) in [6.07, 6.45) is 3.46. The Bertz CT molecular complexity index is 269. The van der Waals surface area contributed by atoms with Crippen LogP contribution in [-0.4, -0.2) is 45.3 Å². The Labute approximate surface area is 108 Å². The Morgan fingerprint density at radius 1 is 1.33 bits per heavy atom. The number of carbonyl (C=O) groups is 2. The lowest BCUT2D eigenvalue weighted by molar-refractivity contribution is -0.122. The quantitative estimate of drug-likeness (QED) is 0.413. The largest absolute Gasteiger partial charge is 0.445 e. The molecule has 0 saturated heterocycles. The SMILES string of the molecule is C=CCOC(=O)NCCCCC(NC)C(=O)NC. The van der Waals surface area contributed by atoms with Crippen molar-refractivity contribution in [2.75, 3.05) is 27.2 Å². The minimum absolute atomic E-state index is 0.0177. The van der Waals surface area contributed by atoms with Gasteiger partial charge in [0, 0.05) is 13.6 Å². The van der Waals surface area contributed by atoms with Gasteiger partial charge < -0.3 is 20.7 Å². The summed E-state index contributed by atoms with van der Waals surface area (Å²) in [5.74, 6) is -0.0177. The summed E-state index contributed by atoms with van der Waals surface area (Å²) in [6.45, 7) is 4.20. The van der Waals surface area contributed by atoms with E-state index in [-0.39, 0.29) is 18.6 Å². The van der Waals surface area contributed by atoms with E-state index in [0.29, 0.717) is 6.54 Å². The van der Waals surface area contributed by atoms with Gasteiger partial charge in [0.15, 0.2) is 0 Å². The Balaban J connectivity index is 3.57. The molecule has 0 radical (unpaired) electrons. The fraction of sp³-hybridized carbons (Fsp3) is 0.667. The summed E-state index contributed by atoms with van der Waals surface area (Å²) in [4.78, 5) is 22.4. The second kappa shape index (κ2) is 10.6. The van der Waals surface area contributed by atoms with Crippen molar-refractivity contribution in [2.45, 2.75) is 25.3 Å². The highest BCUT2D eigenvalue weighted by atomic mass is 16.5. The molecular formula is C12H23N3O3. The highest BCUT2D eigenvalue weighted by Crippen LogP contribution is 2.00. The van der Waals surface area contributed by atoms with Crippen molar-refractivity contribution >= 4 is 12.0 Å². The number of rotatable bonds is 9. The summed E-state index contributed by atoms with van der Waals surface area (Å²) in [5, 5.41) is 8.17. The molecule has 3 N–H and O–H groups in total. The summed E-state index contributed by atoms with van der Waals surface area (Å²) < 4.78 is 4.75. The Morgan fingerprint density at radius 2 is 2.06 bits per heavy atom. The lowest BCUT2D eigenvalue weighted by Gasteiger charge is -2.14. The first-order chi connectivity index (χ1) is 8.65. The summed E-state index contributed by atoms with van der Waals surface area (Å²) in [6, 6.07) is -0.178. The van der Waals surface area contributed by atoms with Gasteiger partial charge in [-0.1, -0.05) is 12.7 Å². The molecule has 104 valence electrons. The third-order valence-electron chi connectivity index (χ3n) is 2.43. The number of carbonyl (C=O) groups excluding carboxylic acids is 2. The molecule has 0 aliphatic carbocycles. The third-order valence-corrected chi connectivity index (χ3v) is 2.43. The fourth-order valence-corrected chi connectivity index (χ4v) is 1.43. The Morgan fingerprint density at radius 3 is 2.61 bits per heavy atom. The topological polar surface area (TPSA) is 79.5 Å². The van der Waals surface area contributed by atoms with Crippen LogP contribution in [0.15, 0.2) is 12.7 Å². The van der Waals surface area contributed by atoms with E-state index in [4.69, 9.17) is 4.74 Å². The number of likely N-dealkylation sites (N-methyl/N-ethyl adjacent to an activating group) is 2. The molecule has 18 heavy (non-hydrogen) atoms. The van der Waals surface area contributed by atoms with Crippen molar-refractivity contribution < 1.29 is 14.3 Å². The van der Waals surface area contributed by atoms with Gasteiger partial charge >= 0.3 is 6.09 Å². The van der Waals surface area contributed by atoms with E-state index in [0.717, 1.165) is 19.3 Å². The fourth-order valence-electron chi connectivity index (χ4n) is 1.43. The van der Waals surface area contributed by atoms with E-state index >= 15 is 0 Å². The van der Waals surface area contributed by atoms with Gasteiger partial charge in [0.05, 0.1) is 6.04 Å². The molecule has 0 aromatic heterocycles. The average molecular weight is 257 g/mol. The number of amides is 2. The summed E-state index contributed by atoms with van der Waals surface area (Å²) in [7, 11) is 3.37. The van der Waals surface area contributed by atoms with Crippen molar-refractivity contribution in [2.24, 2.45) is 0 Å².